The molecule has 0 aromatic heterocycles. The summed E-state index contributed by atoms with van der Waals surface area (Å²) in [4.78, 5) is 51.0. The third-order valence-electron chi connectivity index (χ3n) is 13.0. The standard InChI is InChI=1S/C63H104O12/c1-4-7-10-13-16-19-22-25-26-27-28-29-30-33-34-37-40-43-46-49-55(64)71-52-54(73-56(65)50-47-44-41-38-35-31-23-20-17-14-11-8-5-2)53-72-63-61(59(68)58(67)60(75-63)62(69)70)74-57(66)51-48-45-42-39-36-32-24-21-18-15-12-9-6-3/h8-9,11-12,17-18,20-21,31-32,35-36,41,44,54,58-61,63,67-68H,4-7,10,13-16,19,22-30,33-34,37-40,42-43,45-53H2,1-3H3,(H,69,70)/b11-8-,12-9-,20-17-,21-18-,35-31-,36-32-,44-41-. The topological polar surface area (TPSA) is 175 Å². The predicted molar refractivity (Wildman–Crippen MR) is 303 cm³/mol. The molecule has 428 valence electrons. The molecule has 0 amide bonds. The highest BCUT2D eigenvalue weighted by Gasteiger charge is 2.50. The average molecular weight is 1050 g/mol. The number of carboxylic acid groups (broad SMARTS) is 1. The fourth-order valence-corrected chi connectivity index (χ4v) is 8.51. The summed E-state index contributed by atoms with van der Waals surface area (Å²) in [7, 11) is 0. The van der Waals surface area contributed by atoms with Gasteiger partial charge in [0.2, 0.25) is 0 Å². The highest BCUT2D eigenvalue weighted by atomic mass is 16.7. The van der Waals surface area contributed by atoms with E-state index in [1.54, 1.807) is 0 Å². The molecule has 0 aliphatic carbocycles. The largest absolute Gasteiger partial charge is 0.479 e. The average Bonchev–Trinajstić information content (AvgIpc) is 3.39. The Kier molecular flexibility index (Phi) is 46.6. The summed E-state index contributed by atoms with van der Waals surface area (Å²) in [6.45, 7) is 5.69. The summed E-state index contributed by atoms with van der Waals surface area (Å²) in [6.07, 6.45) is 53.0. The predicted octanol–water partition coefficient (Wildman–Crippen LogP) is 15.1. The summed E-state index contributed by atoms with van der Waals surface area (Å²) in [5.74, 6) is -3.27. The number of carbonyl (C=O) groups is 4. The molecule has 0 aromatic carbocycles. The summed E-state index contributed by atoms with van der Waals surface area (Å²) in [5, 5.41) is 31.4. The van der Waals surface area contributed by atoms with E-state index in [9.17, 15) is 34.5 Å². The van der Waals surface area contributed by atoms with Crippen LogP contribution in [0.4, 0.5) is 0 Å². The van der Waals surface area contributed by atoms with Gasteiger partial charge in [0.15, 0.2) is 24.6 Å². The van der Waals surface area contributed by atoms with E-state index in [1.807, 2.05) is 12.2 Å². The number of carbonyl (C=O) groups excluding carboxylic acids is 3. The lowest BCUT2D eigenvalue weighted by molar-refractivity contribution is -0.301. The molecule has 3 N–H and O–H groups in total. The van der Waals surface area contributed by atoms with Gasteiger partial charge in [0.25, 0.3) is 0 Å². The molecular formula is C63H104O12. The van der Waals surface area contributed by atoms with Crippen LogP contribution >= 0.6 is 0 Å². The van der Waals surface area contributed by atoms with Gasteiger partial charge in [0.05, 0.1) is 6.61 Å². The number of allylic oxidation sites excluding steroid dienone is 14. The van der Waals surface area contributed by atoms with Crippen LogP contribution in [-0.2, 0) is 42.9 Å². The van der Waals surface area contributed by atoms with Crippen LogP contribution in [0.2, 0.25) is 0 Å². The van der Waals surface area contributed by atoms with Crippen molar-refractivity contribution in [2.45, 2.75) is 276 Å². The van der Waals surface area contributed by atoms with E-state index in [0.29, 0.717) is 25.7 Å². The molecule has 12 heteroatoms. The molecule has 1 rings (SSSR count). The Morgan fingerprint density at radius 2 is 0.867 bits per heavy atom. The summed E-state index contributed by atoms with van der Waals surface area (Å²) >= 11 is 0. The van der Waals surface area contributed by atoms with Crippen LogP contribution in [0, 0.1) is 0 Å². The van der Waals surface area contributed by atoms with Gasteiger partial charge in [-0.1, -0.05) is 228 Å². The Morgan fingerprint density at radius 1 is 0.453 bits per heavy atom. The van der Waals surface area contributed by atoms with Crippen molar-refractivity contribution in [1.29, 1.82) is 0 Å². The molecule has 1 aliphatic rings. The molecule has 0 radical (unpaired) electrons. The second-order valence-electron chi connectivity index (χ2n) is 19.9. The molecule has 0 saturated carbocycles. The normalized spacial score (nSPS) is 18.8. The number of aliphatic hydroxyl groups excluding tert-OH is 2. The molecule has 75 heavy (non-hydrogen) atoms. The second-order valence-corrected chi connectivity index (χ2v) is 19.9. The number of hydrogen-bond donors (Lipinski definition) is 3. The van der Waals surface area contributed by atoms with Gasteiger partial charge in [0.1, 0.15) is 18.8 Å². The second kappa shape index (κ2) is 50.7. The zero-order chi connectivity index (χ0) is 54.7. The number of aliphatic hydroxyl groups is 2. The van der Waals surface area contributed by atoms with Crippen LogP contribution < -0.4 is 0 Å². The van der Waals surface area contributed by atoms with Crippen LogP contribution in [0.5, 0.6) is 0 Å². The fraction of sp³-hybridized carbons (Fsp3) is 0.714. The van der Waals surface area contributed by atoms with E-state index in [1.165, 1.54) is 96.3 Å². The molecule has 1 heterocycles. The van der Waals surface area contributed by atoms with E-state index < -0.39 is 67.3 Å². The molecule has 0 bridgehead atoms. The molecular weight excluding hydrogens is 949 g/mol. The van der Waals surface area contributed by atoms with Crippen molar-refractivity contribution in [3.63, 3.8) is 0 Å². The highest BCUT2D eigenvalue weighted by molar-refractivity contribution is 5.74. The Morgan fingerprint density at radius 3 is 1.33 bits per heavy atom. The van der Waals surface area contributed by atoms with Crippen LogP contribution in [0.15, 0.2) is 85.1 Å². The van der Waals surface area contributed by atoms with Crippen molar-refractivity contribution >= 4 is 23.9 Å². The number of rotatable bonds is 49. The first-order chi connectivity index (χ1) is 36.6. The first kappa shape index (κ1) is 68.9. The van der Waals surface area contributed by atoms with E-state index in [2.05, 4.69) is 93.7 Å². The van der Waals surface area contributed by atoms with Gasteiger partial charge >= 0.3 is 23.9 Å². The Balaban J connectivity index is 2.70. The van der Waals surface area contributed by atoms with Crippen molar-refractivity contribution in [3.05, 3.63) is 85.1 Å². The molecule has 1 saturated heterocycles. The molecule has 1 fully saturated rings. The van der Waals surface area contributed by atoms with Crippen LogP contribution in [0.1, 0.15) is 239 Å². The molecule has 6 unspecified atom stereocenters. The minimum atomic E-state index is -1.92. The lowest BCUT2D eigenvalue weighted by Gasteiger charge is -2.40. The molecule has 6 atom stereocenters. The molecule has 1 aliphatic heterocycles. The van der Waals surface area contributed by atoms with Crippen molar-refractivity contribution in [2.24, 2.45) is 0 Å². The fourth-order valence-electron chi connectivity index (χ4n) is 8.51. The first-order valence-electron chi connectivity index (χ1n) is 29.6. The van der Waals surface area contributed by atoms with Gasteiger partial charge in [-0.3, -0.25) is 14.4 Å². The molecule has 0 aromatic rings. The number of hydrogen-bond acceptors (Lipinski definition) is 11. The van der Waals surface area contributed by atoms with Gasteiger partial charge in [-0.25, -0.2) is 4.79 Å². The first-order valence-corrected chi connectivity index (χ1v) is 29.6. The van der Waals surface area contributed by atoms with E-state index in [4.69, 9.17) is 23.7 Å². The third kappa shape index (κ3) is 40.8. The van der Waals surface area contributed by atoms with Crippen molar-refractivity contribution < 1.29 is 58.2 Å². The SMILES string of the molecule is CC/C=C\C/C=C\C/C=C\C/C=C\CCC(=O)OC(COC(=O)CCCCCCCCCCCCCCCCCCCCC)COC1OC(C(=O)O)C(O)C(O)C1OC(=O)CCCCC/C=C\C/C=C\C/C=C\CC. The Hall–Kier alpha value is -4.10. The summed E-state index contributed by atoms with van der Waals surface area (Å²) in [6, 6.07) is 0. The quantitative estimate of drug-likeness (QED) is 0.0228. The van der Waals surface area contributed by atoms with Crippen LogP contribution in [-0.4, -0.2) is 89.2 Å². The maximum Gasteiger partial charge on any atom is 0.335 e. The van der Waals surface area contributed by atoms with Crippen LogP contribution in [0.25, 0.3) is 0 Å². The van der Waals surface area contributed by atoms with Gasteiger partial charge in [-0.2, -0.15) is 0 Å². The van der Waals surface area contributed by atoms with Crippen molar-refractivity contribution in [3.8, 4) is 0 Å². The maximum absolute atomic E-state index is 13.1. The summed E-state index contributed by atoms with van der Waals surface area (Å²) < 4.78 is 28.3. The Labute approximate surface area is 454 Å². The molecule has 0 spiro atoms. The van der Waals surface area contributed by atoms with Gasteiger partial charge < -0.3 is 39.0 Å². The zero-order valence-corrected chi connectivity index (χ0v) is 47.0. The number of ether oxygens (including phenoxy) is 5. The zero-order valence-electron chi connectivity index (χ0n) is 47.0. The number of esters is 3. The number of carboxylic acids is 1. The van der Waals surface area contributed by atoms with Crippen molar-refractivity contribution in [2.75, 3.05) is 13.2 Å². The van der Waals surface area contributed by atoms with E-state index >= 15 is 0 Å². The van der Waals surface area contributed by atoms with Crippen molar-refractivity contribution in [1.82, 2.24) is 0 Å². The van der Waals surface area contributed by atoms with E-state index in [0.717, 1.165) is 77.0 Å². The third-order valence-corrected chi connectivity index (χ3v) is 13.0. The van der Waals surface area contributed by atoms with Gasteiger partial charge in [0, 0.05) is 19.3 Å². The lowest BCUT2D eigenvalue weighted by atomic mass is 9.98. The Bertz CT molecular complexity index is 1630. The minimum absolute atomic E-state index is 0.0150. The monoisotopic (exact) mass is 1050 g/mol. The molecule has 12 nitrogen and oxygen atoms in total. The summed E-state index contributed by atoms with van der Waals surface area (Å²) in [5.41, 5.74) is 0. The van der Waals surface area contributed by atoms with Gasteiger partial charge in [-0.05, 0) is 77.0 Å². The number of aliphatic carboxylic acids is 1. The number of unbranched alkanes of at least 4 members (excludes halogenated alkanes) is 21. The maximum atomic E-state index is 13.1. The highest BCUT2D eigenvalue weighted by Crippen LogP contribution is 2.26. The smallest absolute Gasteiger partial charge is 0.335 e. The minimum Gasteiger partial charge on any atom is -0.479 e. The van der Waals surface area contributed by atoms with Gasteiger partial charge in [-0.15, -0.1) is 0 Å². The van der Waals surface area contributed by atoms with Crippen LogP contribution in [0.3, 0.4) is 0 Å². The lowest BCUT2D eigenvalue weighted by Crippen LogP contribution is -2.61. The van der Waals surface area contributed by atoms with E-state index in [-0.39, 0.29) is 25.9 Å².